The van der Waals surface area contributed by atoms with Crippen molar-refractivity contribution < 1.29 is 14.3 Å². The Hall–Kier alpha value is -2.09. The molecule has 5 nitrogen and oxygen atoms in total. The summed E-state index contributed by atoms with van der Waals surface area (Å²) < 4.78 is 5.97. The van der Waals surface area contributed by atoms with Gasteiger partial charge in [0.25, 0.3) is 11.8 Å². The van der Waals surface area contributed by atoms with Crippen molar-refractivity contribution in [2.24, 2.45) is 5.73 Å². The van der Waals surface area contributed by atoms with Gasteiger partial charge in [-0.2, -0.15) is 0 Å². The molecular weight excluding hydrogens is 383 g/mol. The van der Waals surface area contributed by atoms with E-state index in [-0.39, 0.29) is 11.5 Å². The average molecular weight is 396 g/mol. The van der Waals surface area contributed by atoms with E-state index in [0.717, 1.165) is 3.57 Å². The molecule has 0 aliphatic carbocycles. The molecule has 0 aliphatic rings. The number of hydrogen-bond acceptors (Lipinski definition) is 3. The fourth-order valence-electron chi connectivity index (χ4n) is 1.81. The molecule has 0 saturated heterocycles. The quantitative estimate of drug-likeness (QED) is 0.780. The summed E-state index contributed by atoms with van der Waals surface area (Å²) in [6.07, 6.45) is 0. The number of methoxy groups -OCH3 is 1. The van der Waals surface area contributed by atoms with E-state index in [0.29, 0.717) is 17.0 Å². The molecular formula is C15H13IN2O3. The smallest absolute Gasteiger partial charge is 0.255 e. The van der Waals surface area contributed by atoms with Crippen LogP contribution in [0.5, 0.6) is 5.75 Å². The lowest BCUT2D eigenvalue weighted by molar-refractivity contribution is 0.100. The van der Waals surface area contributed by atoms with Crippen LogP contribution < -0.4 is 15.8 Å². The number of anilines is 1. The van der Waals surface area contributed by atoms with Crippen LogP contribution in [0.2, 0.25) is 0 Å². The van der Waals surface area contributed by atoms with Crippen molar-refractivity contribution >= 4 is 40.1 Å². The first kappa shape index (κ1) is 15.3. The van der Waals surface area contributed by atoms with E-state index in [2.05, 4.69) is 27.9 Å². The third-order valence-electron chi connectivity index (χ3n) is 2.85. The monoisotopic (exact) mass is 396 g/mol. The Kier molecular flexibility index (Phi) is 4.79. The molecule has 0 unspecified atom stereocenters. The van der Waals surface area contributed by atoms with Crippen LogP contribution in [-0.2, 0) is 0 Å². The molecule has 0 bridgehead atoms. The Morgan fingerprint density at radius 2 is 1.90 bits per heavy atom. The molecule has 2 rings (SSSR count). The van der Waals surface area contributed by atoms with Gasteiger partial charge >= 0.3 is 0 Å². The van der Waals surface area contributed by atoms with Gasteiger partial charge in [-0.3, -0.25) is 9.59 Å². The minimum atomic E-state index is -0.588. The van der Waals surface area contributed by atoms with Crippen LogP contribution in [0.1, 0.15) is 20.7 Å². The lowest BCUT2D eigenvalue weighted by Gasteiger charge is -2.10. The molecule has 2 aromatic rings. The SMILES string of the molecule is COc1ccc(C(=O)Nc2ccccc2C(N)=O)cc1I. The molecule has 0 aromatic heterocycles. The highest BCUT2D eigenvalue weighted by Crippen LogP contribution is 2.22. The van der Waals surface area contributed by atoms with Gasteiger partial charge in [0.2, 0.25) is 0 Å². The maximum atomic E-state index is 12.2. The summed E-state index contributed by atoms with van der Waals surface area (Å²) in [6.45, 7) is 0. The lowest BCUT2D eigenvalue weighted by Crippen LogP contribution is -2.18. The first-order valence-electron chi connectivity index (χ1n) is 6.06. The highest BCUT2D eigenvalue weighted by atomic mass is 127. The molecule has 0 atom stereocenters. The Bertz CT molecular complexity index is 701. The van der Waals surface area contributed by atoms with Crippen LogP contribution in [0.4, 0.5) is 5.69 Å². The van der Waals surface area contributed by atoms with Crippen molar-refractivity contribution in [2.75, 3.05) is 12.4 Å². The minimum Gasteiger partial charge on any atom is -0.496 e. The molecule has 21 heavy (non-hydrogen) atoms. The third-order valence-corrected chi connectivity index (χ3v) is 3.70. The number of primary amides is 1. The molecule has 0 fully saturated rings. The van der Waals surface area contributed by atoms with E-state index in [1.54, 1.807) is 49.6 Å². The number of rotatable bonds is 4. The van der Waals surface area contributed by atoms with E-state index in [4.69, 9.17) is 10.5 Å². The van der Waals surface area contributed by atoms with Crippen molar-refractivity contribution in [3.05, 3.63) is 57.2 Å². The zero-order valence-corrected chi connectivity index (χ0v) is 13.4. The van der Waals surface area contributed by atoms with Crippen molar-refractivity contribution in [1.82, 2.24) is 0 Å². The van der Waals surface area contributed by atoms with Crippen LogP contribution in [0.3, 0.4) is 0 Å². The summed E-state index contributed by atoms with van der Waals surface area (Å²) in [5.41, 5.74) is 6.42. The number of carbonyl (C=O) groups is 2. The van der Waals surface area contributed by atoms with Crippen LogP contribution in [0.15, 0.2) is 42.5 Å². The Balaban J connectivity index is 2.26. The zero-order chi connectivity index (χ0) is 15.4. The van der Waals surface area contributed by atoms with Gasteiger partial charge in [0.1, 0.15) is 5.75 Å². The summed E-state index contributed by atoms with van der Waals surface area (Å²) in [7, 11) is 1.57. The Labute approximate surface area is 135 Å². The number of benzene rings is 2. The van der Waals surface area contributed by atoms with Gasteiger partial charge in [-0.1, -0.05) is 12.1 Å². The van der Waals surface area contributed by atoms with Gasteiger partial charge in [-0.25, -0.2) is 0 Å². The van der Waals surface area contributed by atoms with Crippen LogP contribution in [-0.4, -0.2) is 18.9 Å². The molecule has 0 spiro atoms. The van der Waals surface area contributed by atoms with E-state index in [1.807, 2.05) is 0 Å². The molecule has 0 saturated carbocycles. The molecule has 0 aliphatic heterocycles. The van der Waals surface area contributed by atoms with E-state index in [9.17, 15) is 9.59 Å². The second-order valence-corrected chi connectivity index (χ2v) is 5.38. The van der Waals surface area contributed by atoms with Crippen molar-refractivity contribution in [2.45, 2.75) is 0 Å². The zero-order valence-electron chi connectivity index (χ0n) is 11.2. The van der Waals surface area contributed by atoms with E-state index < -0.39 is 5.91 Å². The maximum absolute atomic E-state index is 12.2. The predicted molar refractivity (Wildman–Crippen MR) is 88.6 cm³/mol. The van der Waals surface area contributed by atoms with Gasteiger partial charge in [0, 0.05) is 5.56 Å². The molecule has 0 heterocycles. The second kappa shape index (κ2) is 6.57. The summed E-state index contributed by atoms with van der Waals surface area (Å²) in [6, 6.07) is 11.7. The lowest BCUT2D eigenvalue weighted by atomic mass is 10.1. The molecule has 2 aromatic carbocycles. The molecule has 2 amide bonds. The standard InChI is InChI=1S/C15H13IN2O3/c1-21-13-7-6-9(8-11(13)16)15(20)18-12-5-3-2-4-10(12)14(17)19/h2-8H,1H3,(H2,17,19)(H,18,20). The molecule has 0 radical (unpaired) electrons. The maximum Gasteiger partial charge on any atom is 0.255 e. The minimum absolute atomic E-state index is 0.272. The number of nitrogens with one attached hydrogen (secondary N) is 1. The fourth-order valence-corrected chi connectivity index (χ4v) is 2.54. The topological polar surface area (TPSA) is 81.4 Å². The normalized spacial score (nSPS) is 10.0. The first-order valence-corrected chi connectivity index (χ1v) is 7.14. The van der Waals surface area contributed by atoms with Crippen molar-refractivity contribution in [1.29, 1.82) is 0 Å². The Morgan fingerprint density at radius 3 is 2.52 bits per heavy atom. The fraction of sp³-hybridized carbons (Fsp3) is 0.0667. The molecule has 6 heteroatoms. The second-order valence-electron chi connectivity index (χ2n) is 4.21. The van der Waals surface area contributed by atoms with E-state index >= 15 is 0 Å². The Morgan fingerprint density at radius 1 is 1.19 bits per heavy atom. The van der Waals surface area contributed by atoms with Gasteiger partial charge in [0.05, 0.1) is 21.9 Å². The van der Waals surface area contributed by atoms with Crippen molar-refractivity contribution in [3.63, 3.8) is 0 Å². The van der Waals surface area contributed by atoms with Crippen molar-refractivity contribution in [3.8, 4) is 5.75 Å². The van der Waals surface area contributed by atoms with Gasteiger partial charge in [-0.15, -0.1) is 0 Å². The third kappa shape index (κ3) is 3.52. The number of carbonyl (C=O) groups excluding carboxylic acids is 2. The van der Waals surface area contributed by atoms with Gasteiger partial charge < -0.3 is 15.8 Å². The number of hydrogen-bond donors (Lipinski definition) is 2. The number of nitrogens with two attached hydrogens (primary N) is 1. The van der Waals surface area contributed by atoms with Gasteiger partial charge in [-0.05, 0) is 52.9 Å². The highest BCUT2D eigenvalue weighted by molar-refractivity contribution is 14.1. The first-order chi connectivity index (χ1) is 10.0. The number of para-hydroxylation sites is 1. The summed E-state index contributed by atoms with van der Waals surface area (Å²) in [5, 5.41) is 2.69. The summed E-state index contributed by atoms with van der Waals surface area (Å²) in [5.74, 6) is -0.204. The predicted octanol–water partition coefficient (Wildman–Crippen LogP) is 2.65. The molecule has 108 valence electrons. The van der Waals surface area contributed by atoms with Crippen LogP contribution in [0.25, 0.3) is 0 Å². The summed E-state index contributed by atoms with van der Waals surface area (Å²) in [4.78, 5) is 23.6. The highest BCUT2D eigenvalue weighted by Gasteiger charge is 2.13. The number of amides is 2. The number of halogens is 1. The van der Waals surface area contributed by atoms with Crippen LogP contribution >= 0.6 is 22.6 Å². The molecule has 3 N–H and O–H groups in total. The van der Waals surface area contributed by atoms with Crippen LogP contribution in [0, 0.1) is 3.57 Å². The van der Waals surface area contributed by atoms with Gasteiger partial charge in [0.15, 0.2) is 0 Å². The average Bonchev–Trinajstić information content (AvgIpc) is 2.47. The largest absolute Gasteiger partial charge is 0.496 e. The van der Waals surface area contributed by atoms with E-state index in [1.165, 1.54) is 0 Å². The number of ether oxygens (including phenoxy) is 1. The summed E-state index contributed by atoms with van der Waals surface area (Å²) >= 11 is 2.09.